The van der Waals surface area contributed by atoms with Crippen molar-refractivity contribution in [3.63, 3.8) is 0 Å². The molecule has 5 nitrogen and oxygen atoms in total. The number of guanidine groups is 1. The number of aliphatic imine (C=N–C) groups is 1. The van der Waals surface area contributed by atoms with Crippen LogP contribution in [0.4, 0.5) is 0 Å². The summed E-state index contributed by atoms with van der Waals surface area (Å²) >= 11 is 3.55. The minimum absolute atomic E-state index is 0.566. The molecule has 0 aliphatic rings. The SMILES string of the molecule is CN=C(NCc1cc(OC)c(OC)cc1Br)NCC(C)C. The summed E-state index contributed by atoms with van der Waals surface area (Å²) in [6.07, 6.45) is 0. The first-order chi connectivity index (χ1) is 10.0. The Bertz CT molecular complexity index is 490. The maximum absolute atomic E-state index is 5.32. The van der Waals surface area contributed by atoms with Gasteiger partial charge in [0.05, 0.1) is 14.2 Å². The Morgan fingerprint density at radius 2 is 1.81 bits per heavy atom. The highest BCUT2D eigenvalue weighted by Crippen LogP contribution is 2.33. The van der Waals surface area contributed by atoms with Crippen molar-refractivity contribution in [2.75, 3.05) is 27.8 Å². The van der Waals surface area contributed by atoms with Crippen molar-refractivity contribution < 1.29 is 9.47 Å². The molecule has 0 aliphatic heterocycles. The Morgan fingerprint density at radius 3 is 2.33 bits per heavy atom. The molecule has 0 saturated heterocycles. The minimum atomic E-state index is 0.566. The van der Waals surface area contributed by atoms with Crippen LogP contribution in [0.3, 0.4) is 0 Å². The van der Waals surface area contributed by atoms with Crippen LogP contribution in [0.15, 0.2) is 21.6 Å². The zero-order valence-corrected chi connectivity index (χ0v) is 14.9. The van der Waals surface area contributed by atoms with Gasteiger partial charge in [0.2, 0.25) is 0 Å². The van der Waals surface area contributed by atoms with Gasteiger partial charge in [0.15, 0.2) is 17.5 Å². The van der Waals surface area contributed by atoms with Gasteiger partial charge < -0.3 is 20.1 Å². The van der Waals surface area contributed by atoms with Gasteiger partial charge in [-0.3, -0.25) is 4.99 Å². The van der Waals surface area contributed by atoms with Crippen molar-refractivity contribution in [1.82, 2.24) is 10.6 Å². The van der Waals surface area contributed by atoms with Crippen LogP contribution < -0.4 is 20.1 Å². The van der Waals surface area contributed by atoms with Gasteiger partial charge in [0.1, 0.15) is 0 Å². The van der Waals surface area contributed by atoms with E-state index in [1.807, 2.05) is 12.1 Å². The number of benzene rings is 1. The molecule has 1 rings (SSSR count). The number of methoxy groups -OCH3 is 2. The minimum Gasteiger partial charge on any atom is -0.493 e. The second kappa shape index (κ2) is 8.77. The maximum Gasteiger partial charge on any atom is 0.191 e. The van der Waals surface area contributed by atoms with Crippen molar-refractivity contribution in [3.05, 3.63) is 22.2 Å². The molecular formula is C15H24BrN3O2. The van der Waals surface area contributed by atoms with Gasteiger partial charge >= 0.3 is 0 Å². The second-order valence-corrected chi connectivity index (χ2v) is 5.85. The highest BCUT2D eigenvalue weighted by molar-refractivity contribution is 9.10. The Labute approximate surface area is 135 Å². The van der Waals surface area contributed by atoms with Crippen molar-refractivity contribution in [2.45, 2.75) is 20.4 Å². The normalized spacial score (nSPS) is 11.5. The topological polar surface area (TPSA) is 54.9 Å². The van der Waals surface area contributed by atoms with Gasteiger partial charge in [-0.05, 0) is 23.6 Å². The Morgan fingerprint density at radius 1 is 1.19 bits per heavy atom. The van der Waals surface area contributed by atoms with E-state index in [2.05, 4.69) is 45.4 Å². The second-order valence-electron chi connectivity index (χ2n) is 5.00. The summed E-state index contributed by atoms with van der Waals surface area (Å²) in [7, 11) is 5.02. The lowest BCUT2D eigenvalue weighted by Crippen LogP contribution is -2.38. The molecule has 0 fully saturated rings. The van der Waals surface area contributed by atoms with Gasteiger partial charge in [-0.2, -0.15) is 0 Å². The molecule has 0 radical (unpaired) electrons. The molecule has 0 spiro atoms. The van der Waals surface area contributed by atoms with Crippen LogP contribution in [0.25, 0.3) is 0 Å². The molecule has 0 heterocycles. The molecule has 21 heavy (non-hydrogen) atoms. The Kier molecular flexibility index (Phi) is 7.36. The zero-order chi connectivity index (χ0) is 15.8. The average Bonchev–Trinajstić information content (AvgIpc) is 2.47. The van der Waals surface area contributed by atoms with E-state index in [9.17, 15) is 0 Å². The average molecular weight is 358 g/mol. The third-order valence-electron chi connectivity index (χ3n) is 2.90. The van der Waals surface area contributed by atoms with Crippen LogP contribution in [0.2, 0.25) is 0 Å². The van der Waals surface area contributed by atoms with Gasteiger partial charge in [0.25, 0.3) is 0 Å². The molecule has 2 N–H and O–H groups in total. The lowest BCUT2D eigenvalue weighted by Gasteiger charge is -2.15. The number of nitrogens with zero attached hydrogens (tertiary/aromatic N) is 1. The third-order valence-corrected chi connectivity index (χ3v) is 3.64. The fourth-order valence-corrected chi connectivity index (χ4v) is 2.19. The fourth-order valence-electron chi connectivity index (χ4n) is 1.73. The number of rotatable bonds is 6. The number of nitrogens with one attached hydrogen (secondary N) is 2. The van der Waals surface area contributed by atoms with E-state index in [-0.39, 0.29) is 0 Å². The molecule has 0 saturated carbocycles. The third kappa shape index (κ3) is 5.46. The van der Waals surface area contributed by atoms with Crippen molar-refractivity contribution >= 4 is 21.9 Å². The first-order valence-electron chi connectivity index (χ1n) is 6.86. The number of halogens is 1. The summed E-state index contributed by atoms with van der Waals surface area (Å²) in [5.41, 5.74) is 1.07. The van der Waals surface area contributed by atoms with Crippen LogP contribution in [0.1, 0.15) is 19.4 Å². The highest BCUT2D eigenvalue weighted by atomic mass is 79.9. The monoisotopic (exact) mass is 357 g/mol. The maximum atomic E-state index is 5.32. The molecule has 0 aromatic heterocycles. The van der Waals surface area contributed by atoms with Crippen molar-refractivity contribution in [3.8, 4) is 11.5 Å². The van der Waals surface area contributed by atoms with E-state index in [4.69, 9.17) is 9.47 Å². The zero-order valence-electron chi connectivity index (χ0n) is 13.3. The Hall–Kier alpha value is -1.43. The summed E-state index contributed by atoms with van der Waals surface area (Å²) in [4.78, 5) is 4.20. The molecule has 0 unspecified atom stereocenters. The van der Waals surface area contributed by atoms with Gasteiger partial charge in [-0.25, -0.2) is 0 Å². The number of hydrogen-bond acceptors (Lipinski definition) is 3. The molecular weight excluding hydrogens is 334 g/mol. The van der Waals surface area contributed by atoms with Gasteiger partial charge in [-0.15, -0.1) is 0 Å². The van der Waals surface area contributed by atoms with Crippen molar-refractivity contribution in [2.24, 2.45) is 10.9 Å². The predicted molar refractivity (Wildman–Crippen MR) is 90.3 cm³/mol. The van der Waals surface area contributed by atoms with Gasteiger partial charge in [-0.1, -0.05) is 29.8 Å². The number of hydrogen-bond donors (Lipinski definition) is 2. The molecule has 6 heteroatoms. The first-order valence-corrected chi connectivity index (χ1v) is 7.66. The van der Waals surface area contributed by atoms with Crippen LogP contribution in [0, 0.1) is 5.92 Å². The van der Waals surface area contributed by atoms with E-state index in [1.165, 1.54) is 0 Å². The van der Waals surface area contributed by atoms with E-state index in [1.54, 1.807) is 21.3 Å². The van der Waals surface area contributed by atoms with E-state index < -0.39 is 0 Å². The molecule has 0 aliphatic carbocycles. The predicted octanol–water partition coefficient (Wildman–Crippen LogP) is 2.79. The van der Waals surface area contributed by atoms with Crippen LogP contribution >= 0.6 is 15.9 Å². The largest absolute Gasteiger partial charge is 0.493 e. The van der Waals surface area contributed by atoms with E-state index in [0.717, 1.165) is 22.5 Å². The quantitative estimate of drug-likeness (QED) is 0.607. The summed E-state index contributed by atoms with van der Waals surface area (Å²) in [6, 6.07) is 3.85. The summed E-state index contributed by atoms with van der Waals surface area (Å²) in [5.74, 6) is 2.76. The molecule has 118 valence electrons. The first kappa shape index (κ1) is 17.6. The van der Waals surface area contributed by atoms with Crippen LogP contribution in [0.5, 0.6) is 11.5 Å². The molecule has 0 atom stereocenters. The fraction of sp³-hybridized carbons (Fsp3) is 0.533. The van der Waals surface area contributed by atoms with Crippen LogP contribution in [-0.4, -0.2) is 33.8 Å². The summed E-state index contributed by atoms with van der Waals surface area (Å²) in [5, 5.41) is 6.56. The summed E-state index contributed by atoms with van der Waals surface area (Å²) in [6.45, 7) is 5.84. The van der Waals surface area contributed by atoms with E-state index in [0.29, 0.717) is 24.0 Å². The van der Waals surface area contributed by atoms with E-state index >= 15 is 0 Å². The Balaban J connectivity index is 2.74. The van der Waals surface area contributed by atoms with Crippen molar-refractivity contribution in [1.29, 1.82) is 0 Å². The lowest BCUT2D eigenvalue weighted by molar-refractivity contribution is 0.354. The smallest absolute Gasteiger partial charge is 0.191 e. The van der Waals surface area contributed by atoms with Crippen LogP contribution in [-0.2, 0) is 6.54 Å². The molecule has 0 bridgehead atoms. The molecule has 0 amide bonds. The standard InChI is InChI=1S/C15H24BrN3O2/c1-10(2)8-18-15(17-3)19-9-11-6-13(20-4)14(21-5)7-12(11)16/h6-7,10H,8-9H2,1-5H3,(H2,17,18,19). The molecule has 1 aromatic rings. The number of ether oxygens (including phenoxy) is 2. The van der Waals surface area contributed by atoms with Gasteiger partial charge in [0, 0.05) is 24.6 Å². The highest BCUT2D eigenvalue weighted by Gasteiger charge is 2.10. The molecule has 1 aromatic carbocycles. The summed E-state index contributed by atoms with van der Waals surface area (Å²) < 4.78 is 11.6. The lowest BCUT2D eigenvalue weighted by atomic mass is 10.2.